The highest BCUT2D eigenvalue weighted by molar-refractivity contribution is 5.42. The number of phenolic OH excluding ortho intramolecular Hbond substituents is 1. The first-order valence-electron chi connectivity index (χ1n) is 4.96. The Balaban J connectivity index is 2.86. The van der Waals surface area contributed by atoms with Gasteiger partial charge in [0, 0.05) is 6.04 Å². The van der Waals surface area contributed by atoms with Gasteiger partial charge in [0.15, 0.2) is 11.5 Å². The van der Waals surface area contributed by atoms with Crippen LogP contribution < -0.4 is 10.5 Å². The topological polar surface area (TPSA) is 55.5 Å². The molecule has 0 saturated heterocycles. The maximum atomic E-state index is 12.1. The van der Waals surface area contributed by atoms with Gasteiger partial charge in [-0.25, -0.2) is 0 Å². The summed E-state index contributed by atoms with van der Waals surface area (Å²) in [7, 11) is 0. The minimum atomic E-state index is -0.452. The van der Waals surface area contributed by atoms with Crippen molar-refractivity contribution in [1.29, 1.82) is 0 Å². The lowest BCUT2D eigenvalue weighted by Gasteiger charge is -2.12. The molecule has 0 fully saturated rings. The molecule has 0 aromatic heterocycles. The molecule has 0 heterocycles. The van der Waals surface area contributed by atoms with Crippen molar-refractivity contribution in [3.05, 3.63) is 23.8 Å². The molecule has 0 bridgehead atoms. The summed E-state index contributed by atoms with van der Waals surface area (Å²) in [6, 6.07) is 4.49. The molecule has 0 radical (unpaired) electrons. The van der Waals surface area contributed by atoms with E-state index >= 15 is 0 Å². The number of alkyl halides is 1. The number of phenols is 1. The third kappa shape index (κ3) is 3.09. The molecule has 4 heteroatoms. The zero-order valence-electron chi connectivity index (χ0n) is 8.74. The van der Waals surface area contributed by atoms with E-state index < -0.39 is 6.67 Å². The first-order valence-corrected chi connectivity index (χ1v) is 4.96. The van der Waals surface area contributed by atoms with Gasteiger partial charge in [0.1, 0.15) is 0 Å². The number of hydrogen-bond donors (Lipinski definition) is 2. The Labute approximate surface area is 88.7 Å². The number of rotatable bonds is 5. The van der Waals surface area contributed by atoms with Crippen molar-refractivity contribution in [1.82, 2.24) is 0 Å². The summed E-state index contributed by atoms with van der Waals surface area (Å²) in [5, 5.41) is 9.44. The van der Waals surface area contributed by atoms with Gasteiger partial charge in [0.25, 0.3) is 0 Å². The van der Waals surface area contributed by atoms with E-state index in [0.717, 1.165) is 5.56 Å². The molecule has 0 aliphatic heterocycles. The molecule has 15 heavy (non-hydrogen) atoms. The van der Waals surface area contributed by atoms with E-state index in [-0.39, 0.29) is 18.2 Å². The largest absolute Gasteiger partial charge is 0.504 e. The average Bonchev–Trinajstić information content (AvgIpc) is 2.22. The standard InChI is InChI=1S/C11H16FNO2/c1-2-15-11-7-8(3-4-10(11)14)9(13)5-6-12/h3-4,7,9,14H,2,5-6,13H2,1H3/t9-/m1/s1. The van der Waals surface area contributed by atoms with Gasteiger partial charge in [-0.05, 0) is 31.0 Å². The summed E-state index contributed by atoms with van der Waals surface area (Å²) in [4.78, 5) is 0. The van der Waals surface area contributed by atoms with E-state index in [1.807, 2.05) is 6.92 Å². The molecule has 1 aromatic carbocycles. The number of hydrogen-bond acceptors (Lipinski definition) is 3. The third-order valence-electron chi connectivity index (χ3n) is 2.13. The maximum absolute atomic E-state index is 12.1. The van der Waals surface area contributed by atoms with Gasteiger partial charge in [0.05, 0.1) is 13.3 Å². The summed E-state index contributed by atoms with van der Waals surface area (Å²) >= 11 is 0. The Bertz CT molecular complexity index is 317. The summed E-state index contributed by atoms with van der Waals surface area (Å²) in [5.41, 5.74) is 6.52. The molecular weight excluding hydrogens is 197 g/mol. The predicted octanol–water partition coefficient (Wildman–Crippen LogP) is 2.15. The fourth-order valence-electron chi connectivity index (χ4n) is 1.32. The van der Waals surface area contributed by atoms with Gasteiger partial charge < -0.3 is 15.6 Å². The highest BCUT2D eigenvalue weighted by atomic mass is 19.1. The third-order valence-corrected chi connectivity index (χ3v) is 2.13. The molecule has 1 aromatic rings. The van der Waals surface area contributed by atoms with Crippen LogP contribution in [-0.4, -0.2) is 18.4 Å². The number of ether oxygens (including phenoxy) is 1. The summed E-state index contributed by atoms with van der Waals surface area (Å²) < 4.78 is 17.3. The first kappa shape index (κ1) is 11.8. The van der Waals surface area contributed by atoms with Crippen LogP contribution in [0.15, 0.2) is 18.2 Å². The molecule has 0 spiro atoms. The minimum Gasteiger partial charge on any atom is -0.504 e. The molecule has 0 unspecified atom stereocenters. The molecule has 3 nitrogen and oxygen atoms in total. The Morgan fingerprint density at radius 3 is 2.87 bits per heavy atom. The van der Waals surface area contributed by atoms with Crippen LogP contribution in [0.4, 0.5) is 4.39 Å². The van der Waals surface area contributed by atoms with E-state index in [9.17, 15) is 9.50 Å². The van der Waals surface area contributed by atoms with Gasteiger partial charge in [-0.1, -0.05) is 6.07 Å². The van der Waals surface area contributed by atoms with Crippen LogP contribution in [0.5, 0.6) is 11.5 Å². The van der Waals surface area contributed by atoms with Crippen molar-refractivity contribution in [2.24, 2.45) is 5.73 Å². The number of benzene rings is 1. The summed E-state index contributed by atoms with van der Waals surface area (Å²) in [6.45, 7) is 1.84. The molecule has 0 amide bonds. The van der Waals surface area contributed by atoms with Crippen LogP contribution in [-0.2, 0) is 0 Å². The summed E-state index contributed by atoms with van der Waals surface area (Å²) in [5.74, 6) is 0.470. The lowest BCUT2D eigenvalue weighted by Crippen LogP contribution is -2.11. The lowest BCUT2D eigenvalue weighted by atomic mass is 10.0. The monoisotopic (exact) mass is 213 g/mol. The second-order valence-electron chi connectivity index (χ2n) is 3.24. The fraction of sp³-hybridized carbons (Fsp3) is 0.455. The second kappa shape index (κ2) is 5.56. The highest BCUT2D eigenvalue weighted by Gasteiger charge is 2.09. The van der Waals surface area contributed by atoms with Crippen LogP contribution in [0.25, 0.3) is 0 Å². The van der Waals surface area contributed by atoms with Crippen molar-refractivity contribution in [3.8, 4) is 11.5 Å². The number of aromatic hydroxyl groups is 1. The van der Waals surface area contributed by atoms with Crippen molar-refractivity contribution >= 4 is 0 Å². The smallest absolute Gasteiger partial charge is 0.161 e. The molecular formula is C11H16FNO2. The SMILES string of the molecule is CCOc1cc([C@H](N)CCF)ccc1O. The van der Waals surface area contributed by atoms with E-state index in [1.54, 1.807) is 12.1 Å². The molecule has 3 N–H and O–H groups in total. The van der Waals surface area contributed by atoms with Gasteiger partial charge in [-0.15, -0.1) is 0 Å². The van der Waals surface area contributed by atoms with Gasteiger partial charge in [-0.3, -0.25) is 4.39 Å². The van der Waals surface area contributed by atoms with Crippen LogP contribution in [0.1, 0.15) is 24.9 Å². The number of nitrogens with two attached hydrogens (primary N) is 1. The molecule has 0 aliphatic rings. The Hall–Kier alpha value is -1.29. The Morgan fingerprint density at radius 1 is 1.53 bits per heavy atom. The number of halogens is 1. The molecule has 1 rings (SSSR count). The fourth-order valence-corrected chi connectivity index (χ4v) is 1.32. The highest BCUT2D eigenvalue weighted by Crippen LogP contribution is 2.29. The normalized spacial score (nSPS) is 12.5. The van der Waals surface area contributed by atoms with Crippen LogP contribution >= 0.6 is 0 Å². The molecule has 0 aliphatic carbocycles. The minimum absolute atomic E-state index is 0.0769. The maximum Gasteiger partial charge on any atom is 0.161 e. The van der Waals surface area contributed by atoms with Crippen molar-refractivity contribution in [3.63, 3.8) is 0 Å². The van der Waals surface area contributed by atoms with Crippen molar-refractivity contribution < 1.29 is 14.2 Å². The first-order chi connectivity index (χ1) is 7.19. The Kier molecular flexibility index (Phi) is 4.37. The lowest BCUT2D eigenvalue weighted by molar-refractivity contribution is 0.317. The van der Waals surface area contributed by atoms with E-state index in [1.165, 1.54) is 6.07 Å². The van der Waals surface area contributed by atoms with E-state index in [2.05, 4.69) is 0 Å². The van der Waals surface area contributed by atoms with Crippen molar-refractivity contribution in [2.45, 2.75) is 19.4 Å². The van der Waals surface area contributed by atoms with Crippen LogP contribution in [0.2, 0.25) is 0 Å². The molecule has 84 valence electrons. The van der Waals surface area contributed by atoms with E-state index in [4.69, 9.17) is 10.5 Å². The van der Waals surface area contributed by atoms with Gasteiger partial charge in [0.2, 0.25) is 0 Å². The second-order valence-corrected chi connectivity index (χ2v) is 3.24. The average molecular weight is 213 g/mol. The van der Waals surface area contributed by atoms with Gasteiger partial charge >= 0.3 is 0 Å². The quantitative estimate of drug-likeness (QED) is 0.788. The van der Waals surface area contributed by atoms with E-state index in [0.29, 0.717) is 12.4 Å². The van der Waals surface area contributed by atoms with Crippen molar-refractivity contribution in [2.75, 3.05) is 13.3 Å². The Morgan fingerprint density at radius 2 is 2.27 bits per heavy atom. The molecule has 1 atom stereocenters. The van der Waals surface area contributed by atoms with Crippen LogP contribution in [0, 0.1) is 0 Å². The molecule has 0 saturated carbocycles. The van der Waals surface area contributed by atoms with Crippen LogP contribution in [0.3, 0.4) is 0 Å². The summed E-state index contributed by atoms with van der Waals surface area (Å²) in [6.07, 6.45) is 0.274. The zero-order valence-corrected chi connectivity index (χ0v) is 8.74. The zero-order chi connectivity index (χ0) is 11.3. The predicted molar refractivity (Wildman–Crippen MR) is 56.8 cm³/mol. The van der Waals surface area contributed by atoms with Gasteiger partial charge in [-0.2, -0.15) is 0 Å².